The number of carbonyl (C=O) groups excluding carboxylic acids is 1. The minimum Gasteiger partial charge on any atom is -0.294 e. The molecule has 0 saturated carbocycles. The number of fused-ring (bicyclic) bond motifs is 1. The van der Waals surface area contributed by atoms with Gasteiger partial charge in [-0.25, -0.2) is 0 Å². The molecule has 0 unspecified atom stereocenters. The van der Waals surface area contributed by atoms with E-state index in [0.29, 0.717) is 11.4 Å². The van der Waals surface area contributed by atoms with E-state index < -0.39 is 0 Å². The van der Waals surface area contributed by atoms with Gasteiger partial charge in [-0.3, -0.25) is 4.79 Å². The Balaban J connectivity index is 1.90. The van der Waals surface area contributed by atoms with Crippen LogP contribution >= 0.6 is 22.9 Å². The molecule has 100 valence electrons. The van der Waals surface area contributed by atoms with E-state index in [1.165, 1.54) is 10.1 Å². The van der Waals surface area contributed by atoms with Gasteiger partial charge >= 0.3 is 0 Å². The van der Waals surface area contributed by atoms with Crippen LogP contribution in [0.25, 0.3) is 10.1 Å². The zero-order valence-electron chi connectivity index (χ0n) is 11.0. The maximum absolute atomic E-state index is 12.4. The summed E-state index contributed by atoms with van der Waals surface area (Å²) in [5.41, 5.74) is 2.76. The van der Waals surface area contributed by atoms with E-state index in [-0.39, 0.29) is 5.78 Å². The third-order valence-electron chi connectivity index (χ3n) is 3.39. The second-order valence-corrected chi connectivity index (χ2v) is 6.14. The number of Topliss-reactive ketones (excluding diaryl/α,β-unsaturated/α-hetero) is 1. The zero-order chi connectivity index (χ0) is 14.1. The molecule has 20 heavy (non-hydrogen) atoms. The molecule has 1 aromatic heterocycles. The normalized spacial score (nSPS) is 10.9. The van der Waals surface area contributed by atoms with Gasteiger partial charge in [-0.05, 0) is 53.1 Å². The molecule has 0 spiro atoms. The lowest BCUT2D eigenvalue weighted by Crippen LogP contribution is -2.03. The fraction of sp³-hybridized carbons (Fsp3) is 0.118. The number of ketones is 1. The Morgan fingerprint density at radius 3 is 2.80 bits per heavy atom. The molecule has 0 fully saturated rings. The van der Waals surface area contributed by atoms with Gasteiger partial charge in [-0.2, -0.15) is 0 Å². The van der Waals surface area contributed by atoms with Crippen molar-refractivity contribution in [2.24, 2.45) is 0 Å². The Labute approximate surface area is 126 Å². The van der Waals surface area contributed by atoms with E-state index in [0.717, 1.165) is 16.7 Å². The molecule has 0 aliphatic carbocycles. The average molecular weight is 301 g/mol. The van der Waals surface area contributed by atoms with E-state index in [9.17, 15) is 4.79 Å². The van der Waals surface area contributed by atoms with Crippen LogP contribution in [0.15, 0.2) is 47.8 Å². The van der Waals surface area contributed by atoms with Crippen LogP contribution < -0.4 is 0 Å². The quantitative estimate of drug-likeness (QED) is 0.601. The summed E-state index contributed by atoms with van der Waals surface area (Å²) in [6.07, 6.45) is 0.436. The van der Waals surface area contributed by atoms with Crippen LogP contribution in [0.3, 0.4) is 0 Å². The molecule has 0 bridgehead atoms. The van der Waals surface area contributed by atoms with Crippen molar-refractivity contribution >= 4 is 38.8 Å². The molecule has 1 heterocycles. The summed E-state index contributed by atoms with van der Waals surface area (Å²) < 4.78 is 1.22. The van der Waals surface area contributed by atoms with Crippen molar-refractivity contribution in [2.45, 2.75) is 13.3 Å². The highest BCUT2D eigenvalue weighted by molar-refractivity contribution is 7.17. The highest BCUT2D eigenvalue weighted by atomic mass is 35.5. The largest absolute Gasteiger partial charge is 0.294 e. The first-order valence-electron chi connectivity index (χ1n) is 6.39. The van der Waals surface area contributed by atoms with Gasteiger partial charge < -0.3 is 0 Å². The molecule has 3 rings (SSSR count). The summed E-state index contributed by atoms with van der Waals surface area (Å²) in [6.45, 7) is 1.92. The number of halogens is 1. The highest BCUT2D eigenvalue weighted by Crippen LogP contribution is 2.27. The lowest BCUT2D eigenvalue weighted by Gasteiger charge is -2.03. The molecule has 3 aromatic rings. The Kier molecular flexibility index (Phi) is 3.60. The van der Waals surface area contributed by atoms with Crippen molar-refractivity contribution in [3.05, 3.63) is 69.6 Å². The molecule has 0 N–H and O–H groups in total. The van der Waals surface area contributed by atoms with E-state index in [1.54, 1.807) is 23.5 Å². The van der Waals surface area contributed by atoms with Crippen LogP contribution in [0, 0.1) is 6.92 Å². The molecular weight excluding hydrogens is 288 g/mol. The standard InChI is InChI=1S/C17H13ClOS/c1-11-8-12(6-7-15(11)18)16(19)9-13-10-20-17-5-3-2-4-14(13)17/h2-8,10H,9H2,1H3. The van der Waals surface area contributed by atoms with Crippen LogP contribution in [-0.2, 0) is 6.42 Å². The second kappa shape index (κ2) is 5.39. The van der Waals surface area contributed by atoms with Gasteiger partial charge in [-0.1, -0.05) is 29.8 Å². The first-order valence-corrected chi connectivity index (χ1v) is 7.65. The number of aryl methyl sites for hydroxylation is 1. The van der Waals surface area contributed by atoms with Crippen LogP contribution in [0.1, 0.15) is 21.5 Å². The molecule has 0 atom stereocenters. The van der Waals surface area contributed by atoms with Crippen molar-refractivity contribution in [3.8, 4) is 0 Å². The Morgan fingerprint density at radius 1 is 1.20 bits per heavy atom. The topological polar surface area (TPSA) is 17.1 Å². The van der Waals surface area contributed by atoms with Gasteiger partial charge in [0.15, 0.2) is 5.78 Å². The van der Waals surface area contributed by atoms with Crippen molar-refractivity contribution in [1.82, 2.24) is 0 Å². The molecule has 2 aromatic carbocycles. The molecule has 0 radical (unpaired) electrons. The third-order valence-corrected chi connectivity index (χ3v) is 4.83. The number of hydrogen-bond acceptors (Lipinski definition) is 2. The summed E-state index contributed by atoms with van der Waals surface area (Å²) in [5.74, 6) is 0.133. The molecule has 0 saturated heterocycles. The first-order chi connectivity index (χ1) is 9.65. The Morgan fingerprint density at radius 2 is 2.00 bits per heavy atom. The summed E-state index contributed by atoms with van der Waals surface area (Å²) in [6, 6.07) is 13.6. The van der Waals surface area contributed by atoms with E-state index in [4.69, 9.17) is 11.6 Å². The Bertz CT molecular complexity index is 789. The average Bonchev–Trinajstić information content (AvgIpc) is 2.85. The summed E-state index contributed by atoms with van der Waals surface area (Å²) >= 11 is 7.68. The molecule has 0 aliphatic heterocycles. The smallest absolute Gasteiger partial charge is 0.167 e. The fourth-order valence-corrected chi connectivity index (χ4v) is 3.34. The van der Waals surface area contributed by atoms with E-state index >= 15 is 0 Å². The first kappa shape index (κ1) is 13.3. The fourth-order valence-electron chi connectivity index (χ4n) is 2.26. The van der Waals surface area contributed by atoms with Gasteiger partial charge in [0.1, 0.15) is 0 Å². The number of thiophene rings is 1. The SMILES string of the molecule is Cc1cc(C(=O)Cc2csc3ccccc23)ccc1Cl. The lowest BCUT2D eigenvalue weighted by molar-refractivity contribution is 0.0993. The van der Waals surface area contributed by atoms with Crippen LogP contribution in [-0.4, -0.2) is 5.78 Å². The van der Waals surface area contributed by atoms with Gasteiger partial charge in [0.25, 0.3) is 0 Å². The van der Waals surface area contributed by atoms with Gasteiger partial charge in [0, 0.05) is 21.7 Å². The van der Waals surface area contributed by atoms with Crippen molar-refractivity contribution in [1.29, 1.82) is 0 Å². The maximum Gasteiger partial charge on any atom is 0.167 e. The van der Waals surface area contributed by atoms with Crippen LogP contribution in [0.2, 0.25) is 5.02 Å². The summed E-state index contributed by atoms with van der Waals surface area (Å²) in [5, 5.41) is 3.95. The van der Waals surface area contributed by atoms with Crippen molar-refractivity contribution in [2.75, 3.05) is 0 Å². The highest BCUT2D eigenvalue weighted by Gasteiger charge is 2.11. The minimum absolute atomic E-state index is 0.133. The second-order valence-electron chi connectivity index (χ2n) is 4.82. The minimum atomic E-state index is 0.133. The van der Waals surface area contributed by atoms with Gasteiger partial charge in [-0.15, -0.1) is 11.3 Å². The molecular formula is C17H13ClOS. The summed E-state index contributed by atoms with van der Waals surface area (Å²) in [7, 11) is 0. The van der Waals surface area contributed by atoms with Gasteiger partial charge in [0.2, 0.25) is 0 Å². The predicted octanol–water partition coefficient (Wildman–Crippen LogP) is 5.29. The molecule has 1 nitrogen and oxygen atoms in total. The van der Waals surface area contributed by atoms with Crippen LogP contribution in [0.4, 0.5) is 0 Å². The summed E-state index contributed by atoms with van der Waals surface area (Å²) in [4.78, 5) is 12.4. The van der Waals surface area contributed by atoms with E-state index in [2.05, 4.69) is 17.5 Å². The predicted molar refractivity (Wildman–Crippen MR) is 86.0 cm³/mol. The lowest BCUT2D eigenvalue weighted by atomic mass is 10.0. The third kappa shape index (κ3) is 2.49. The zero-order valence-corrected chi connectivity index (χ0v) is 12.6. The molecule has 0 amide bonds. The Hall–Kier alpha value is -1.64. The van der Waals surface area contributed by atoms with Crippen molar-refractivity contribution in [3.63, 3.8) is 0 Å². The number of rotatable bonds is 3. The number of benzene rings is 2. The number of hydrogen-bond donors (Lipinski definition) is 0. The maximum atomic E-state index is 12.4. The monoisotopic (exact) mass is 300 g/mol. The van der Waals surface area contributed by atoms with Crippen molar-refractivity contribution < 1.29 is 4.79 Å². The molecule has 3 heteroatoms. The number of carbonyl (C=O) groups is 1. The van der Waals surface area contributed by atoms with E-state index in [1.807, 2.05) is 25.1 Å². The van der Waals surface area contributed by atoms with Crippen LogP contribution in [0.5, 0.6) is 0 Å². The molecule has 0 aliphatic rings. The van der Waals surface area contributed by atoms with Gasteiger partial charge in [0.05, 0.1) is 0 Å².